The summed E-state index contributed by atoms with van der Waals surface area (Å²) in [6.07, 6.45) is 2.66. The van der Waals surface area contributed by atoms with Crippen molar-refractivity contribution >= 4 is 23.3 Å². The average molecular weight is 308 g/mol. The van der Waals surface area contributed by atoms with Gasteiger partial charge < -0.3 is 14.9 Å². The number of urea groups is 1. The lowest BCUT2D eigenvalue weighted by atomic mass is 9.93. The van der Waals surface area contributed by atoms with E-state index in [9.17, 15) is 14.7 Å². The van der Waals surface area contributed by atoms with Gasteiger partial charge in [0.1, 0.15) is 5.54 Å². The topological polar surface area (TPSA) is 60.9 Å². The van der Waals surface area contributed by atoms with Crippen LogP contribution < -0.4 is 0 Å². The molecule has 1 fully saturated rings. The van der Waals surface area contributed by atoms with Crippen molar-refractivity contribution in [3.05, 3.63) is 21.9 Å². The van der Waals surface area contributed by atoms with Crippen molar-refractivity contribution in [3.63, 3.8) is 0 Å². The zero-order chi connectivity index (χ0) is 15.0. The number of fused-ring (bicyclic) bond motifs is 1. The summed E-state index contributed by atoms with van der Waals surface area (Å²) in [6, 6.07) is 1.95. The molecule has 0 saturated carbocycles. The highest BCUT2D eigenvalue weighted by Crippen LogP contribution is 2.35. The molecule has 2 aliphatic heterocycles. The van der Waals surface area contributed by atoms with Gasteiger partial charge in [-0.3, -0.25) is 0 Å². The molecule has 0 bridgehead atoms. The Labute approximate surface area is 128 Å². The number of likely N-dealkylation sites (tertiary alicyclic amines) is 1. The predicted octanol–water partition coefficient (Wildman–Crippen LogP) is 2.56. The van der Waals surface area contributed by atoms with Gasteiger partial charge in [-0.25, -0.2) is 9.59 Å². The maximum absolute atomic E-state index is 12.8. The number of carboxylic acids is 1. The van der Waals surface area contributed by atoms with E-state index in [-0.39, 0.29) is 6.03 Å². The molecule has 21 heavy (non-hydrogen) atoms. The van der Waals surface area contributed by atoms with Crippen LogP contribution in [0.2, 0.25) is 0 Å². The Morgan fingerprint density at radius 1 is 1.43 bits per heavy atom. The monoisotopic (exact) mass is 308 g/mol. The van der Waals surface area contributed by atoms with Gasteiger partial charge in [0.15, 0.2) is 0 Å². The van der Waals surface area contributed by atoms with E-state index in [0.29, 0.717) is 32.5 Å². The van der Waals surface area contributed by atoms with Crippen molar-refractivity contribution < 1.29 is 14.7 Å². The van der Waals surface area contributed by atoms with Crippen LogP contribution in [0.25, 0.3) is 0 Å². The zero-order valence-electron chi connectivity index (χ0n) is 12.2. The van der Waals surface area contributed by atoms with Gasteiger partial charge in [-0.1, -0.05) is 6.92 Å². The van der Waals surface area contributed by atoms with Gasteiger partial charge in [0.2, 0.25) is 0 Å². The summed E-state index contributed by atoms with van der Waals surface area (Å²) >= 11 is 1.73. The molecule has 3 heterocycles. The van der Waals surface area contributed by atoms with Gasteiger partial charge in [-0.15, -0.1) is 11.3 Å². The second kappa shape index (κ2) is 5.33. The number of hydrogen-bond acceptors (Lipinski definition) is 3. The molecular weight excluding hydrogens is 288 g/mol. The first-order valence-corrected chi connectivity index (χ1v) is 8.31. The van der Waals surface area contributed by atoms with Crippen molar-refractivity contribution in [3.8, 4) is 0 Å². The molecule has 5 nitrogen and oxygen atoms in total. The summed E-state index contributed by atoms with van der Waals surface area (Å²) in [6.45, 7) is 3.69. The van der Waals surface area contributed by atoms with E-state index in [2.05, 4.69) is 11.4 Å². The van der Waals surface area contributed by atoms with Gasteiger partial charge >= 0.3 is 12.0 Å². The first-order chi connectivity index (χ1) is 10.1. The van der Waals surface area contributed by atoms with Crippen LogP contribution in [0.5, 0.6) is 0 Å². The van der Waals surface area contributed by atoms with E-state index in [1.54, 1.807) is 21.1 Å². The van der Waals surface area contributed by atoms with Gasteiger partial charge in [0.25, 0.3) is 0 Å². The van der Waals surface area contributed by atoms with Crippen LogP contribution in [0.1, 0.15) is 36.6 Å². The number of carboxylic acid groups (broad SMARTS) is 1. The molecule has 3 rings (SSSR count). The zero-order valence-corrected chi connectivity index (χ0v) is 13.0. The Hall–Kier alpha value is -1.56. The largest absolute Gasteiger partial charge is 0.479 e. The summed E-state index contributed by atoms with van der Waals surface area (Å²) in [5.74, 6) is -0.871. The van der Waals surface area contributed by atoms with Crippen LogP contribution in [-0.4, -0.2) is 45.5 Å². The maximum atomic E-state index is 12.8. The van der Waals surface area contributed by atoms with Crippen molar-refractivity contribution in [2.45, 2.75) is 44.7 Å². The summed E-state index contributed by atoms with van der Waals surface area (Å²) in [7, 11) is 0. The fraction of sp³-hybridized carbons (Fsp3) is 0.600. The number of aliphatic carboxylic acids is 1. The number of hydrogen-bond donors (Lipinski definition) is 1. The lowest BCUT2D eigenvalue weighted by Gasteiger charge is -2.38. The highest BCUT2D eigenvalue weighted by atomic mass is 32.1. The molecule has 0 radical (unpaired) electrons. The molecule has 1 unspecified atom stereocenters. The first-order valence-electron chi connectivity index (χ1n) is 7.43. The number of thiophene rings is 1. The number of carbonyl (C=O) groups excluding carboxylic acids is 1. The molecule has 1 atom stereocenters. The van der Waals surface area contributed by atoms with E-state index in [1.807, 2.05) is 6.92 Å². The Bertz CT molecular complexity index is 571. The third-order valence-corrected chi connectivity index (χ3v) is 5.80. The number of rotatable bonds is 2. The fourth-order valence-electron chi connectivity index (χ4n) is 3.48. The Balaban J connectivity index is 1.81. The Kier molecular flexibility index (Phi) is 3.65. The molecule has 0 aromatic carbocycles. The molecule has 1 N–H and O–H groups in total. The summed E-state index contributed by atoms with van der Waals surface area (Å²) in [5, 5.41) is 11.7. The van der Waals surface area contributed by atoms with Crippen LogP contribution in [-0.2, 0) is 17.8 Å². The number of carbonyl (C=O) groups is 2. The molecule has 2 aliphatic rings. The van der Waals surface area contributed by atoms with Crippen LogP contribution >= 0.6 is 11.3 Å². The molecule has 0 aliphatic carbocycles. The summed E-state index contributed by atoms with van der Waals surface area (Å²) < 4.78 is 0. The average Bonchev–Trinajstić information content (AvgIpc) is 3.12. The van der Waals surface area contributed by atoms with Crippen LogP contribution in [0.3, 0.4) is 0 Å². The number of amides is 2. The summed E-state index contributed by atoms with van der Waals surface area (Å²) in [5.41, 5.74) is 0.197. The third-order valence-electron chi connectivity index (χ3n) is 4.78. The first kappa shape index (κ1) is 14.4. The molecule has 0 spiro atoms. The van der Waals surface area contributed by atoms with E-state index in [4.69, 9.17) is 0 Å². The number of nitrogens with zero attached hydrogens (tertiary/aromatic N) is 2. The Morgan fingerprint density at radius 2 is 2.24 bits per heavy atom. The highest BCUT2D eigenvalue weighted by molar-refractivity contribution is 7.10. The third kappa shape index (κ3) is 2.21. The van der Waals surface area contributed by atoms with E-state index >= 15 is 0 Å². The predicted molar refractivity (Wildman–Crippen MR) is 80.4 cm³/mol. The van der Waals surface area contributed by atoms with Crippen molar-refractivity contribution in [1.82, 2.24) is 9.80 Å². The fourth-order valence-corrected chi connectivity index (χ4v) is 4.37. The lowest BCUT2D eigenvalue weighted by Crippen LogP contribution is -2.57. The van der Waals surface area contributed by atoms with Crippen LogP contribution in [0.15, 0.2) is 11.4 Å². The van der Waals surface area contributed by atoms with Gasteiger partial charge in [0.05, 0.1) is 0 Å². The molecule has 114 valence electrons. The molecule has 1 saturated heterocycles. The van der Waals surface area contributed by atoms with Crippen LogP contribution in [0.4, 0.5) is 4.79 Å². The van der Waals surface area contributed by atoms with Gasteiger partial charge in [0, 0.05) is 24.5 Å². The normalized spacial score (nSPS) is 25.0. The molecule has 2 amide bonds. The molecule has 1 aromatic heterocycles. The van der Waals surface area contributed by atoms with Gasteiger partial charge in [-0.2, -0.15) is 0 Å². The highest BCUT2D eigenvalue weighted by Gasteiger charge is 2.49. The smallest absolute Gasteiger partial charge is 0.329 e. The Morgan fingerprint density at radius 3 is 2.95 bits per heavy atom. The van der Waals surface area contributed by atoms with Gasteiger partial charge in [-0.05, 0) is 42.7 Å². The summed E-state index contributed by atoms with van der Waals surface area (Å²) in [4.78, 5) is 29.2. The molecule has 6 heteroatoms. The SMILES string of the molecule is CCC1(C(=O)O)CCCN1C(=O)N1CCc2sccc2C1. The van der Waals surface area contributed by atoms with E-state index < -0.39 is 11.5 Å². The minimum absolute atomic E-state index is 0.117. The molecular formula is C15H20N2O3S. The standard InChI is InChI=1S/C15H20N2O3S/c1-2-15(13(18)19)6-3-7-17(15)14(20)16-8-4-12-11(10-16)5-9-21-12/h5,9H,2-4,6-8,10H2,1H3,(H,18,19). The van der Waals surface area contributed by atoms with Crippen molar-refractivity contribution in [2.24, 2.45) is 0 Å². The van der Waals surface area contributed by atoms with E-state index in [0.717, 1.165) is 12.8 Å². The van der Waals surface area contributed by atoms with Crippen molar-refractivity contribution in [1.29, 1.82) is 0 Å². The molecule has 1 aromatic rings. The van der Waals surface area contributed by atoms with E-state index in [1.165, 1.54) is 10.4 Å². The minimum atomic E-state index is -1.01. The second-order valence-corrected chi connectivity index (χ2v) is 6.77. The minimum Gasteiger partial charge on any atom is -0.479 e. The lowest BCUT2D eigenvalue weighted by molar-refractivity contribution is -0.148. The second-order valence-electron chi connectivity index (χ2n) is 5.77. The van der Waals surface area contributed by atoms with Crippen LogP contribution in [0, 0.1) is 0 Å². The quantitative estimate of drug-likeness (QED) is 0.913. The maximum Gasteiger partial charge on any atom is 0.329 e. The van der Waals surface area contributed by atoms with Crippen molar-refractivity contribution in [2.75, 3.05) is 13.1 Å².